The first-order valence-electron chi connectivity index (χ1n) is 3.20. The Hall–Kier alpha value is -1.10. The number of carbonyl (C=O) groups excluding carboxylic acids is 1. The largest absolute Gasteiger partial charge is 0.481 e. The second-order valence-electron chi connectivity index (χ2n) is 2.12. The van der Waals surface area contributed by atoms with E-state index in [9.17, 15) is 9.59 Å². The molecule has 0 aliphatic carbocycles. The van der Waals surface area contributed by atoms with Crippen molar-refractivity contribution in [3.8, 4) is 0 Å². The van der Waals surface area contributed by atoms with E-state index < -0.39 is 18.0 Å². The number of carbonyl (C=O) groups is 2. The van der Waals surface area contributed by atoms with Crippen LogP contribution in [0.3, 0.4) is 0 Å². The molecule has 62 valence electrons. The Morgan fingerprint density at radius 2 is 2.36 bits per heavy atom. The number of cyclic esters (lactones) is 1. The number of carboxylic acid groups (broad SMARTS) is 1. The molecule has 1 atom stereocenters. The highest BCUT2D eigenvalue weighted by Crippen LogP contribution is 2.06. The fraction of sp³-hybridized carbons (Fsp3) is 0.667. The molecule has 1 N–H and O–H groups in total. The van der Waals surface area contributed by atoms with Gasteiger partial charge in [0, 0.05) is 0 Å². The molecule has 0 spiro atoms. The Bertz CT molecular complexity index is 176. The lowest BCUT2D eigenvalue weighted by Crippen LogP contribution is -2.35. The molecule has 1 rings (SSSR count). The zero-order chi connectivity index (χ0) is 8.27. The van der Waals surface area contributed by atoms with Gasteiger partial charge in [0.1, 0.15) is 6.61 Å². The van der Waals surface area contributed by atoms with Gasteiger partial charge < -0.3 is 14.6 Å². The minimum absolute atomic E-state index is 0.217. The molecule has 5 nitrogen and oxygen atoms in total. The maximum absolute atomic E-state index is 10.7. The summed E-state index contributed by atoms with van der Waals surface area (Å²) < 4.78 is 9.41. The molecular formula is C6H8O5. The van der Waals surface area contributed by atoms with Crippen molar-refractivity contribution in [1.82, 2.24) is 0 Å². The summed E-state index contributed by atoms with van der Waals surface area (Å²) in [5, 5.41) is 8.30. The molecule has 0 aromatic heterocycles. The van der Waals surface area contributed by atoms with E-state index in [1.54, 1.807) is 0 Å². The Morgan fingerprint density at radius 3 is 2.91 bits per heavy atom. The third-order valence-electron chi connectivity index (χ3n) is 1.27. The van der Waals surface area contributed by atoms with Crippen molar-refractivity contribution < 1.29 is 24.2 Å². The van der Waals surface area contributed by atoms with Crippen LogP contribution in [-0.2, 0) is 19.1 Å². The molecule has 0 amide bonds. The van der Waals surface area contributed by atoms with Crippen molar-refractivity contribution in [2.75, 3.05) is 13.2 Å². The number of hydrogen-bond donors (Lipinski definition) is 1. The van der Waals surface area contributed by atoms with Crippen LogP contribution >= 0.6 is 0 Å². The molecule has 1 unspecified atom stereocenters. The Kier molecular flexibility index (Phi) is 2.43. The van der Waals surface area contributed by atoms with Crippen LogP contribution in [0.4, 0.5) is 0 Å². The molecule has 1 fully saturated rings. The maximum atomic E-state index is 10.7. The Balaban J connectivity index is 2.42. The topological polar surface area (TPSA) is 72.8 Å². The summed E-state index contributed by atoms with van der Waals surface area (Å²) in [7, 11) is 0. The highest BCUT2D eigenvalue weighted by molar-refractivity contribution is 5.81. The summed E-state index contributed by atoms with van der Waals surface area (Å²) in [4.78, 5) is 20.8. The van der Waals surface area contributed by atoms with Crippen LogP contribution in [-0.4, -0.2) is 36.4 Å². The van der Waals surface area contributed by atoms with Crippen LogP contribution in [0.25, 0.3) is 0 Å². The van der Waals surface area contributed by atoms with Gasteiger partial charge in [0.25, 0.3) is 0 Å². The lowest BCUT2D eigenvalue weighted by Gasteiger charge is -2.19. The molecule has 5 heteroatoms. The van der Waals surface area contributed by atoms with Crippen LogP contribution in [0, 0.1) is 0 Å². The van der Waals surface area contributed by atoms with Gasteiger partial charge in [-0.05, 0) is 0 Å². The predicted octanol–water partition coefficient (Wildman–Crippen LogP) is -0.597. The number of aliphatic carboxylic acids is 1. The van der Waals surface area contributed by atoms with Crippen molar-refractivity contribution in [3.63, 3.8) is 0 Å². The zero-order valence-corrected chi connectivity index (χ0v) is 5.78. The first kappa shape index (κ1) is 8.00. The summed E-state index contributed by atoms with van der Waals surface area (Å²) in [6.07, 6.45) is -1.24. The molecule has 1 aliphatic rings. The monoisotopic (exact) mass is 160 g/mol. The molecule has 1 heterocycles. The van der Waals surface area contributed by atoms with E-state index in [1.165, 1.54) is 0 Å². The Morgan fingerprint density at radius 1 is 1.64 bits per heavy atom. The van der Waals surface area contributed by atoms with Crippen LogP contribution < -0.4 is 0 Å². The van der Waals surface area contributed by atoms with Crippen molar-refractivity contribution in [2.24, 2.45) is 0 Å². The number of ether oxygens (including phenoxy) is 2. The highest BCUT2D eigenvalue weighted by Gasteiger charge is 2.26. The quantitative estimate of drug-likeness (QED) is 0.546. The second-order valence-corrected chi connectivity index (χ2v) is 2.12. The number of rotatable bonds is 2. The first-order valence-corrected chi connectivity index (χ1v) is 3.20. The average Bonchev–Trinajstić information content (AvgIpc) is 1.93. The molecule has 0 saturated carbocycles. The van der Waals surface area contributed by atoms with E-state index >= 15 is 0 Å². The average molecular weight is 160 g/mol. The fourth-order valence-corrected chi connectivity index (χ4v) is 0.794. The summed E-state index contributed by atoms with van der Waals surface area (Å²) in [5.74, 6) is -1.65. The van der Waals surface area contributed by atoms with E-state index in [2.05, 4.69) is 4.74 Å². The van der Waals surface area contributed by atoms with Gasteiger partial charge in [-0.25, -0.2) is 4.79 Å². The normalized spacial score (nSPS) is 24.4. The smallest absolute Gasteiger partial charge is 0.335 e. The SMILES string of the molecule is O=C(O)CC1OCCOC1=O. The van der Waals surface area contributed by atoms with E-state index in [0.29, 0.717) is 0 Å². The van der Waals surface area contributed by atoms with E-state index in [4.69, 9.17) is 9.84 Å². The summed E-state index contributed by atoms with van der Waals surface area (Å²) >= 11 is 0. The van der Waals surface area contributed by atoms with Gasteiger partial charge >= 0.3 is 11.9 Å². The second kappa shape index (κ2) is 3.34. The van der Waals surface area contributed by atoms with Crippen LogP contribution in [0.5, 0.6) is 0 Å². The molecule has 0 aromatic rings. The van der Waals surface area contributed by atoms with Gasteiger partial charge in [-0.3, -0.25) is 4.79 Å². The molecule has 0 aromatic carbocycles. The lowest BCUT2D eigenvalue weighted by molar-refractivity contribution is -0.175. The summed E-state index contributed by atoms with van der Waals surface area (Å²) in [5.41, 5.74) is 0. The van der Waals surface area contributed by atoms with Crippen LogP contribution in [0.2, 0.25) is 0 Å². The van der Waals surface area contributed by atoms with Crippen molar-refractivity contribution >= 4 is 11.9 Å². The number of carboxylic acids is 1. The van der Waals surface area contributed by atoms with Gasteiger partial charge in [0.05, 0.1) is 13.0 Å². The van der Waals surface area contributed by atoms with E-state index in [-0.39, 0.29) is 19.6 Å². The van der Waals surface area contributed by atoms with Crippen LogP contribution in [0.1, 0.15) is 6.42 Å². The third-order valence-corrected chi connectivity index (χ3v) is 1.27. The minimum atomic E-state index is -1.06. The van der Waals surface area contributed by atoms with Crippen molar-refractivity contribution in [3.05, 3.63) is 0 Å². The fourth-order valence-electron chi connectivity index (χ4n) is 0.794. The van der Waals surface area contributed by atoms with Gasteiger partial charge in [-0.2, -0.15) is 0 Å². The molecule has 0 radical (unpaired) electrons. The third kappa shape index (κ3) is 2.19. The maximum Gasteiger partial charge on any atom is 0.335 e. The standard InChI is InChI=1S/C6H8O5/c7-5(8)3-4-6(9)11-2-1-10-4/h4H,1-3H2,(H,7,8). The molecule has 11 heavy (non-hydrogen) atoms. The van der Waals surface area contributed by atoms with Crippen molar-refractivity contribution in [2.45, 2.75) is 12.5 Å². The van der Waals surface area contributed by atoms with Gasteiger partial charge in [0.15, 0.2) is 6.10 Å². The summed E-state index contributed by atoms with van der Waals surface area (Å²) in [6.45, 7) is 0.499. The highest BCUT2D eigenvalue weighted by atomic mass is 16.6. The Labute approximate surface area is 62.9 Å². The van der Waals surface area contributed by atoms with Crippen LogP contribution in [0.15, 0.2) is 0 Å². The molecule has 1 aliphatic heterocycles. The van der Waals surface area contributed by atoms with E-state index in [1.807, 2.05) is 0 Å². The minimum Gasteiger partial charge on any atom is -0.481 e. The van der Waals surface area contributed by atoms with Crippen molar-refractivity contribution in [1.29, 1.82) is 0 Å². The van der Waals surface area contributed by atoms with Gasteiger partial charge in [-0.1, -0.05) is 0 Å². The number of hydrogen-bond acceptors (Lipinski definition) is 4. The lowest BCUT2D eigenvalue weighted by atomic mass is 10.2. The molecule has 1 saturated heterocycles. The zero-order valence-electron chi connectivity index (χ0n) is 5.78. The van der Waals surface area contributed by atoms with E-state index in [0.717, 1.165) is 0 Å². The molecule has 0 bridgehead atoms. The van der Waals surface area contributed by atoms with Gasteiger partial charge in [0.2, 0.25) is 0 Å². The summed E-state index contributed by atoms with van der Waals surface area (Å²) in [6, 6.07) is 0. The predicted molar refractivity (Wildman–Crippen MR) is 33.0 cm³/mol. The first-order chi connectivity index (χ1) is 5.20. The number of esters is 1. The van der Waals surface area contributed by atoms with Gasteiger partial charge in [-0.15, -0.1) is 0 Å². The molecular weight excluding hydrogens is 152 g/mol.